The van der Waals surface area contributed by atoms with Gasteiger partial charge in [-0.3, -0.25) is 0 Å². The zero-order chi connectivity index (χ0) is 13.8. The Morgan fingerprint density at radius 2 is 1.75 bits per heavy atom. The van der Waals surface area contributed by atoms with E-state index in [0.717, 1.165) is 32.2 Å². The van der Waals surface area contributed by atoms with Crippen molar-refractivity contribution in [1.82, 2.24) is 9.80 Å². The summed E-state index contributed by atoms with van der Waals surface area (Å²) in [6.07, 6.45) is 8.10. The molecule has 4 nitrogen and oxygen atoms in total. The van der Waals surface area contributed by atoms with Crippen LogP contribution in [0.4, 0.5) is 0 Å². The number of piperidine rings is 2. The minimum Gasteiger partial charge on any atom is -0.381 e. The van der Waals surface area contributed by atoms with Gasteiger partial charge in [0.15, 0.2) is 0 Å². The molecule has 20 heavy (non-hydrogen) atoms. The van der Waals surface area contributed by atoms with E-state index in [9.17, 15) is 0 Å². The molecular weight excluding hydrogens is 250 g/mol. The maximum absolute atomic E-state index is 6.36. The van der Waals surface area contributed by atoms with Gasteiger partial charge in [-0.15, -0.1) is 0 Å². The van der Waals surface area contributed by atoms with Crippen LogP contribution in [0.25, 0.3) is 0 Å². The molecule has 2 unspecified atom stereocenters. The third-order valence-corrected chi connectivity index (χ3v) is 5.50. The molecule has 0 aromatic rings. The Labute approximate surface area is 123 Å². The summed E-state index contributed by atoms with van der Waals surface area (Å²) in [5.41, 5.74) is 6.36. The van der Waals surface area contributed by atoms with Gasteiger partial charge >= 0.3 is 0 Å². The molecule has 0 spiro atoms. The highest BCUT2D eigenvalue weighted by Gasteiger charge is 2.28. The fourth-order valence-corrected chi connectivity index (χ4v) is 4.09. The summed E-state index contributed by atoms with van der Waals surface area (Å²) in [5.74, 6) is 0.592. The molecule has 2 N–H and O–H groups in total. The first-order chi connectivity index (χ1) is 9.83. The number of hydrogen-bond donors (Lipinski definition) is 1. The summed E-state index contributed by atoms with van der Waals surface area (Å²) in [6, 6.07) is 1.15. The van der Waals surface area contributed by atoms with Crippen LogP contribution in [0.5, 0.6) is 0 Å². The van der Waals surface area contributed by atoms with Gasteiger partial charge < -0.3 is 20.3 Å². The maximum atomic E-state index is 6.36. The normalized spacial score (nSPS) is 32.5. The monoisotopic (exact) mass is 281 g/mol. The van der Waals surface area contributed by atoms with Crippen molar-refractivity contribution < 1.29 is 4.74 Å². The molecule has 3 rings (SSSR count). The molecule has 0 bridgehead atoms. The Morgan fingerprint density at radius 1 is 1.00 bits per heavy atom. The molecule has 0 saturated carbocycles. The highest BCUT2D eigenvalue weighted by atomic mass is 16.5. The van der Waals surface area contributed by atoms with Gasteiger partial charge in [0.1, 0.15) is 0 Å². The largest absolute Gasteiger partial charge is 0.381 e. The molecule has 3 saturated heterocycles. The van der Waals surface area contributed by atoms with Crippen molar-refractivity contribution in [3.05, 3.63) is 0 Å². The van der Waals surface area contributed by atoms with Crippen LogP contribution in [0, 0.1) is 5.92 Å². The summed E-state index contributed by atoms with van der Waals surface area (Å²) in [6.45, 7) is 8.01. The molecule has 3 aliphatic heterocycles. The highest BCUT2D eigenvalue weighted by Crippen LogP contribution is 2.22. The fraction of sp³-hybridized carbons (Fsp3) is 1.00. The zero-order valence-electron chi connectivity index (χ0n) is 12.8. The van der Waals surface area contributed by atoms with E-state index in [1.165, 1.54) is 58.3 Å². The molecule has 4 heteroatoms. The average Bonchev–Trinajstić information content (AvgIpc) is 3.03. The number of ether oxygens (including phenoxy) is 1. The second-order valence-electron chi connectivity index (χ2n) is 6.92. The predicted octanol–water partition coefficient (Wildman–Crippen LogP) is 1.30. The minimum absolute atomic E-state index is 0.309. The molecule has 0 aliphatic carbocycles. The van der Waals surface area contributed by atoms with Gasteiger partial charge in [-0.25, -0.2) is 0 Å². The quantitative estimate of drug-likeness (QED) is 0.843. The van der Waals surface area contributed by atoms with Crippen LogP contribution in [-0.2, 0) is 4.74 Å². The van der Waals surface area contributed by atoms with Gasteiger partial charge in [-0.2, -0.15) is 0 Å². The fourth-order valence-electron chi connectivity index (χ4n) is 4.09. The molecule has 0 aromatic heterocycles. The van der Waals surface area contributed by atoms with Crippen molar-refractivity contribution in [2.75, 3.05) is 45.9 Å². The van der Waals surface area contributed by atoms with Gasteiger partial charge in [0.25, 0.3) is 0 Å². The summed E-state index contributed by atoms with van der Waals surface area (Å²) < 4.78 is 5.46. The van der Waals surface area contributed by atoms with Gasteiger partial charge in [-0.05, 0) is 58.3 Å². The lowest BCUT2D eigenvalue weighted by atomic mass is 9.96. The van der Waals surface area contributed by atoms with E-state index in [0.29, 0.717) is 12.0 Å². The van der Waals surface area contributed by atoms with Crippen molar-refractivity contribution in [2.24, 2.45) is 11.7 Å². The lowest BCUT2D eigenvalue weighted by molar-refractivity contribution is 0.0857. The number of nitrogens with two attached hydrogens (primary N) is 1. The number of hydrogen-bond acceptors (Lipinski definition) is 4. The van der Waals surface area contributed by atoms with E-state index in [1.54, 1.807) is 0 Å². The molecule has 3 aliphatic rings. The van der Waals surface area contributed by atoms with Crippen molar-refractivity contribution in [1.29, 1.82) is 0 Å². The first-order valence-corrected chi connectivity index (χ1v) is 8.62. The molecule has 116 valence electrons. The Balaban J connectivity index is 1.39. The minimum atomic E-state index is 0.309. The van der Waals surface area contributed by atoms with Crippen molar-refractivity contribution in [3.63, 3.8) is 0 Å². The van der Waals surface area contributed by atoms with Gasteiger partial charge in [0.2, 0.25) is 0 Å². The molecule has 0 aromatic carbocycles. The van der Waals surface area contributed by atoms with Gasteiger partial charge in [-0.1, -0.05) is 6.42 Å². The molecule has 3 fully saturated rings. The first-order valence-electron chi connectivity index (χ1n) is 8.62. The van der Waals surface area contributed by atoms with Crippen molar-refractivity contribution >= 4 is 0 Å². The molecule has 0 amide bonds. The summed E-state index contributed by atoms with van der Waals surface area (Å²) in [7, 11) is 0. The predicted molar refractivity (Wildman–Crippen MR) is 81.8 cm³/mol. The Bertz CT molecular complexity index is 279. The van der Waals surface area contributed by atoms with Crippen LogP contribution in [0.2, 0.25) is 0 Å². The molecular formula is C16H31N3O. The Morgan fingerprint density at radius 3 is 2.40 bits per heavy atom. The molecule has 2 atom stereocenters. The van der Waals surface area contributed by atoms with E-state index in [-0.39, 0.29) is 0 Å². The molecule has 0 radical (unpaired) electrons. The van der Waals surface area contributed by atoms with E-state index in [2.05, 4.69) is 9.80 Å². The summed E-state index contributed by atoms with van der Waals surface area (Å²) in [4.78, 5) is 5.33. The Kier molecular flexibility index (Phi) is 5.32. The topological polar surface area (TPSA) is 41.7 Å². The van der Waals surface area contributed by atoms with Crippen molar-refractivity contribution in [3.8, 4) is 0 Å². The smallest absolute Gasteiger partial charge is 0.0510 e. The van der Waals surface area contributed by atoms with Crippen LogP contribution < -0.4 is 5.73 Å². The maximum Gasteiger partial charge on any atom is 0.0510 e. The standard InChI is InChI=1S/C16H31N3O/c17-16(14-6-11-20-13-14)12-18-9-4-15(5-10-18)19-7-2-1-3-8-19/h14-16H,1-13,17H2. The van der Waals surface area contributed by atoms with E-state index < -0.39 is 0 Å². The van der Waals surface area contributed by atoms with Crippen molar-refractivity contribution in [2.45, 2.75) is 50.6 Å². The molecule has 3 heterocycles. The third-order valence-electron chi connectivity index (χ3n) is 5.50. The van der Waals surface area contributed by atoms with Crippen LogP contribution in [0.3, 0.4) is 0 Å². The lowest BCUT2D eigenvalue weighted by Gasteiger charge is -2.41. The second-order valence-corrected chi connectivity index (χ2v) is 6.92. The lowest BCUT2D eigenvalue weighted by Crippen LogP contribution is -2.50. The summed E-state index contributed by atoms with van der Waals surface area (Å²) in [5, 5.41) is 0. The van der Waals surface area contributed by atoms with Gasteiger partial charge in [0, 0.05) is 31.2 Å². The summed E-state index contributed by atoms with van der Waals surface area (Å²) >= 11 is 0. The average molecular weight is 281 g/mol. The van der Waals surface area contributed by atoms with Gasteiger partial charge in [0.05, 0.1) is 6.61 Å². The number of nitrogens with zero attached hydrogens (tertiary/aromatic N) is 2. The number of likely N-dealkylation sites (tertiary alicyclic amines) is 2. The third kappa shape index (κ3) is 3.73. The van der Waals surface area contributed by atoms with E-state index in [1.807, 2.05) is 0 Å². The second kappa shape index (κ2) is 7.21. The van der Waals surface area contributed by atoms with Crippen LogP contribution >= 0.6 is 0 Å². The Hall–Kier alpha value is -0.160. The van der Waals surface area contributed by atoms with Crippen LogP contribution in [0.1, 0.15) is 38.5 Å². The van der Waals surface area contributed by atoms with E-state index >= 15 is 0 Å². The number of rotatable bonds is 4. The van der Waals surface area contributed by atoms with Crippen LogP contribution in [0.15, 0.2) is 0 Å². The first kappa shape index (κ1) is 14.8. The van der Waals surface area contributed by atoms with Crippen LogP contribution in [-0.4, -0.2) is 67.8 Å². The van der Waals surface area contributed by atoms with E-state index in [4.69, 9.17) is 10.5 Å². The SMILES string of the molecule is NC(CN1CCC(N2CCCCC2)CC1)C1CCOC1. The highest BCUT2D eigenvalue weighted by molar-refractivity contribution is 4.85. The zero-order valence-corrected chi connectivity index (χ0v) is 12.8.